The van der Waals surface area contributed by atoms with Gasteiger partial charge in [0.2, 0.25) is 0 Å². The molecule has 0 N–H and O–H groups in total. The lowest BCUT2D eigenvalue weighted by Crippen LogP contribution is -2.63. The van der Waals surface area contributed by atoms with Gasteiger partial charge in [-0.3, -0.25) is 14.5 Å². The fourth-order valence-corrected chi connectivity index (χ4v) is 3.90. The topological polar surface area (TPSA) is 72.9 Å². The van der Waals surface area contributed by atoms with Crippen LogP contribution < -0.4 is 0 Å². The van der Waals surface area contributed by atoms with E-state index < -0.39 is 23.5 Å². The van der Waals surface area contributed by atoms with Crippen LogP contribution in [-0.4, -0.2) is 35.5 Å². The molecule has 2 atom stereocenters. The smallest absolute Gasteiger partial charge is 0.413 e. The summed E-state index contributed by atoms with van der Waals surface area (Å²) in [6.07, 6.45) is -0.618. The number of carbonyl (C=O) groups is 3. The van der Waals surface area contributed by atoms with Gasteiger partial charge in [-0.15, -0.1) is 0 Å². The van der Waals surface area contributed by atoms with Crippen molar-refractivity contribution in [3.63, 3.8) is 0 Å². The van der Waals surface area contributed by atoms with Crippen LogP contribution in [0.25, 0.3) is 0 Å². The predicted molar refractivity (Wildman–Crippen MR) is 107 cm³/mol. The van der Waals surface area contributed by atoms with Crippen molar-refractivity contribution in [2.45, 2.75) is 33.4 Å². The molecule has 3 rings (SSSR count). The minimum absolute atomic E-state index is 0.0955. The molecular formula is C23H25NO5. The first-order chi connectivity index (χ1) is 13.9. The Morgan fingerprint density at radius 2 is 1.69 bits per heavy atom. The second-order valence-corrected chi connectivity index (χ2v) is 7.66. The highest BCUT2D eigenvalue weighted by Crippen LogP contribution is 2.39. The molecule has 0 unspecified atom stereocenters. The van der Waals surface area contributed by atoms with Crippen molar-refractivity contribution in [1.29, 1.82) is 0 Å². The second-order valence-electron chi connectivity index (χ2n) is 7.66. The van der Waals surface area contributed by atoms with Crippen molar-refractivity contribution < 1.29 is 23.9 Å². The number of hydrogen-bond donors (Lipinski definition) is 0. The number of esters is 1. The first-order valence-electron chi connectivity index (χ1n) is 9.60. The Morgan fingerprint density at radius 3 is 2.28 bits per heavy atom. The molecule has 6 nitrogen and oxygen atoms in total. The summed E-state index contributed by atoms with van der Waals surface area (Å²) in [5.74, 6) is -1.18. The van der Waals surface area contributed by atoms with Gasteiger partial charge >= 0.3 is 12.1 Å². The van der Waals surface area contributed by atoms with E-state index in [1.165, 1.54) is 4.90 Å². The summed E-state index contributed by atoms with van der Waals surface area (Å²) >= 11 is 0. The highest BCUT2D eigenvalue weighted by Gasteiger charge is 2.57. The maximum atomic E-state index is 13.3. The molecule has 0 aromatic heterocycles. The van der Waals surface area contributed by atoms with E-state index in [-0.39, 0.29) is 25.0 Å². The summed E-state index contributed by atoms with van der Waals surface area (Å²) in [4.78, 5) is 40.3. The van der Waals surface area contributed by atoms with E-state index in [2.05, 4.69) is 0 Å². The van der Waals surface area contributed by atoms with Gasteiger partial charge in [-0.1, -0.05) is 74.5 Å². The lowest BCUT2D eigenvalue weighted by atomic mass is 9.70. The zero-order valence-electron chi connectivity index (χ0n) is 16.8. The SMILES string of the molecule is CC(C)[C@@H]1N(C(=O)OCc2ccccc2)COC(=O)[C@@]1(C)C(=O)c1ccccc1. The molecule has 0 aliphatic carbocycles. The van der Waals surface area contributed by atoms with Gasteiger partial charge in [0.15, 0.2) is 12.5 Å². The third kappa shape index (κ3) is 4.01. The number of carbonyl (C=O) groups excluding carboxylic acids is 3. The Hall–Kier alpha value is -3.15. The molecule has 152 valence electrons. The molecule has 1 fully saturated rings. The maximum absolute atomic E-state index is 13.3. The third-order valence-electron chi connectivity index (χ3n) is 5.26. The Balaban J connectivity index is 1.87. The molecule has 1 heterocycles. The molecule has 2 aromatic rings. The number of hydrogen-bond acceptors (Lipinski definition) is 5. The molecule has 0 saturated carbocycles. The van der Waals surface area contributed by atoms with Crippen LogP contribution in [0.4, 0.5) is 4.79 Å². The van der Waals surface area contributed by atoms with Crippen molar-refractivity contribution >= 4 is 17.8 Å². The molecule has 0 bridgehead atoms. The Morgan fingerprint density at radius 1 is 1.10 bits per heavy atom. The fourth-order valence-electron chi connectivity index (χ4n) is 3.90. The van der Waals surface area contributed by atoms with E-state index in [0.717, 1.165) is 5.56 Å². The Labute approximate surface area is 170 Å². The van der Waals surface area contributed by atoms with Crippen LogP contribution >= 0.6 is 0 Å². The van der Waals surface area contributed by atoms with Gasteiger partial charge in [0.1, 0.15) is 12.0 Å². The van der Waals surface area contributed by atoms with Crippen LogP contribution in [0.3, 0.4) is 0 Å². The van der Waals surface area contributed by atoms with Crippen molar-refractivity contribution in [1.82, 2.24) is 4.90 Å². The van der Waals surface area contributed by atoms with Gasteiger partial charge in [-0.05, 0) is 18.4 Å². The molecule has 2 aromatic carbocycles. The molecular weight excluding hydrogens is 370 g/mol. The average Bonchev–Trinajstić information content (AvgIpc) is 2.74. The second kappa shape index (κ2) is 8.47. The molecule has 1 aliphatic rings. The maximum Gasteiger partial charge on any atom is 0.413 e. The van der Waals surface area contributed by atoms with Crippen LogP contribution in [0, 0.1) is 11.3 Å². The zero-order chi connectivity index (χ0) is 21.0. The first kappa shape index (κ1) is 20.6. The summed E-state index contributed by atoms with van der Waals surface area (Å²) in [6.45, 7) is 5.14. The lowest BCUT2D eigenvalue weighted by molar-refractivity contribution is -0.175. The van der Waals surface area contributed by atoms with E-state index in [1.54, 1.807) is 37.3 Å². The van der Waals surface area contributed by atoms with Crippen LogP contribution in [0.1, 0.15) is 36.7 Å². The van der Waals surface area contributed by atoms with E-state index in [9.17, 15) is 14.4 Å². The minimum Gasteiger partial charge on any atom is -0.444 e. The first-order valence-corrected chi connectivity index (χ1v) is 9.60. The third-order valence-corrected chi connectivity index (χ3v) is 5.26. The van der Waals surface area contributed by atoms with Crippen LogP contribution in [0.2, 0.25) is 0 Å². The molecule has 0 radical (unpaired) electrons. The van der Waals surface area contributed by atoms with Crippen molar-refractivity contribution in [3.05, 3.63) is 71.8 Å². The van der Waals surface area contributed by atoms with Crippen LogP contribution in [-0.2, 0) is 20.9 Å². The highest BCUT2D eigenvalue weighted by atomic mass is 16.6. The number of ketones is 1. The summed E-state index contributed by atoms with van der Waals surface area (Å²) in [5, 5.41) is 0. The average molecular weight is 395 g/mol. The van der Waals surface area contributed by atoms with Gasteiger partial charge in [0.05, 0.1) is 6.04 Å². The monoisotopic (exact) mass is 395 g/mol. The lowest BCUT2D eigenvalue weighted by Gasteiger charge is -2.46. The van der Waals surface area contributed by atoms with Gasteiger partial charge < -0.3 is 9.47 Å². The van der Waals surface area contributed by atoms with Gasteiger partial charge in [0, 0.05) is 5.56 Å². The van der Waals surface area contributed by atoms with Crippen LogP contribution in [0.5, 0.6) is 0 Å². The van der Waals surface area contributed by atoms with Crippen molar-refractivity contribution in [2.24, 2.45) is 11.3 Å². The van der Waals surface area contributed by atoms with Crippen LogP contribution in [0.15, 0.2) is 60.7 Å². The van der Waals surface area contributed by atoms with Crippen molar-refractivity contribution in [2.75, 3.05) is 6.73 Å². The number of benzene rings is 2. The number of nitrogens with zero attached hydrogens (tertiary/aromatic N) is 1. The number of rotatable bonds is 5. The molecule has 1 aliphatic heterocycles. The normalized spacial score (nSPS) is 21.6. The number of ether oxygens (including phenoxy) is 2. The minimum atomic E-state index is -1.53. The summed E-state index contributed by atoms with van der Waals surface area (Å²) < 4.78 is 10.7. The number of amides is 1. The molecule has 0 spiro atoms. The van der Waals surface area contributed by atoms with Gasteiger partial charge in [0.25, 0.3) is 0 Å². The fraction of sp³-hybridized carbons (Fsp3) is 0.348. The van der Waals surface area contributed by atoms with Gasteiger partial charge in [-0.25, -0.2) is 4.79 Å². The largest absolute Gasteiger partial charge is 0.444 e. The van der Waals surface area contributed by atoms with Gasteiger partial charge in [-0.2, -0.15) is 0 Å². The zero-order valence-corrected chi connectivity index (χ0v) is 16.8. The Kier molecular flexibility index (Phi) is 6.01. The quantitative estimate of drug-likeness (QED) is 0.434. The molecule has 29 heavy (non-hydrogen) atoms. The summed E-state index contributed by atoms with van der Waals surface area (Å²) in [6, 6.07) is 17.2. The number of Topliss-reactive ketones (excluding diaryl/α,β-unsaturated/α-hetero) is 1. The molecule has 1 amide bonds. The summed E-state index contributed by atoms with van der Waals surface area (Å²) in [7, 11) is 0. The summed E-state index contributed by atoms with van der Waals surface area (Å²) in [5.41, 5.74) is -0.282. The standard InChI is InChI=1S/C23H25NO5/c1-16(2)19-23(3,20(25)18-12-8-5-9-13-18)21(26)29-15-24(19)22(27)28-14-17-10-6-4-7-11-17/h4-13,16,19H,14-15H2,1-3H3/t19-,23+/m0/s1. The Bertz CT molecular complexity index is 881. The molecule has 6 heteroatoms. The highest BCUT2D eigenvalue weighted by molar-refractivity contribution is 6.13. The molecule has 1 saturated heterocycles. The predicted octanol–water partition coefficient (Wildman–Crippen LogP) is 4.05. The van der Waals surface area contributed by atoms with E-state index in [4.69, 9.17) is 9.47 Å². The van der Waals surface area contributed by atoms with E-state index >= 15 is 0 Å². The van der Waals surface area contributed by atoms with Crippen molar-refractivity contribution in [3.8, 4) is 0 Å². The van der Waals surface area contributed by atoms with E-state index in [0.29, 0.717) is 5.56 Å². The van der Waals surface area contributed by atoms with E-state index in [1.807, 2.05) is 44.2 Å². The number of cyclic esters (lactones) is 1.